The van der Waals surface area contributed by atoms with Crippen LogP contribution in [0.4, 0.5) is 0 Å². The number of alkyl halides is 1. The van der Waals surface area contributed by atoms with Crippen LogP contribution in [0.1, 0.15) is 37.1 Å². The van der Waals surface area contributed by atoms with Crippen LogP contribution in [-0.2, 0) is 0 Å². The number of benzene rings is 1. The second kappa shape index (κ2) is 7.39. The predicted molar refractivity (Wildman–Crippen MR) is 83.0 cm³/mol. The summed E-state index contributed by atoms with van der Waals surface area (Å²) in [5, 5.41) is 0. The van der Waals surface area contributed by atoms with Crippen LogP contribution in [0.15, 0.2) is 16.6 Å². The van der Waals surface area contributed by atoms with Crippen molar-refractivity contribution < 1.29 is 9.47 Å². The molecule has 102 valence electrons. The van der Waals surface area contributed by atoms with Gasteiger partial charge < -0.3 is 9.47 Å². The topological polar surface area (TPSA) is 18.5 Å². The molecule has 0 amide bonds. The van der Waals surface area contributed by atoms with E-state index >= 15 is 0 Å². The minimum Gasteiger partial charge on any atom is -0.496 e. The van der Waals surface area contributed by atoms with E-state index in [1.54, 1.807) is 14.2 Å². The number of ether oxygens (including phenoxy) is 2. The molecule has 0 aliphatic heterocycles. The normalized spacial score (nSPS) is 14.1. The van der Waals surface area contributed by atoms with E-state index in [-0.39, 0.29) is 4.83 Å². The maximum atomic E-state index is 5.45. The lowest BCUT2D eigenvalue weighted by molar-refractivity contribution is 0.394. The Balaban J connectivity index is 3.05. The highest BCUT2D eigenvalue weighted by Gasteiger charge is 2.18. The van der Waals surface area contributed by atoms with E-state index < -0.39 is 0 Å². The summed E-state index contributed by atoms with van der Waals surface area (Å²) in [5.74, 6) is 2.39. The molecule has 1 aromatic rings. The zero-order valence-corrected chi connectivity index (χ0v) is 14.5. The van der Waals surface area contributed by atoms with Gasteiger partial charge in [0.1, 0.15) is 11.5 Å². The number of hydrogen-bond donors (Lipinski definition) is 0. The van der Waals surface area contributed by atoms with Gasteiger partial charge >= 0.3 is 0 Å². The quantitative estimate of drug-likeness (QED) is 0.621. The lowest BCUT2D eigenvalue weighted by Gasteiger charge is -2.19. The van der Waals surface area contributed by atoms with Crippen molar-refractivity contribution in [3.63, 3.8) is 0 Å². The maximum absolute atomic E-state index is 5.45. The second-order valence-corrected chi connectivity index (χ2v) is 6.41. The van der Waals surface area contributed by atoms with E-state index in [9.17, 15) is 0 Å². The molecule has 2 unspecified atom stereocenters. The molecule has 0 aliphatic carbocycles. The zero-order valence-electron chi connectivity index (χ0n) is 11.3. The predicted octanol–water partition coefficient (Wildman–Crippen LogP) is 5.34. The number of halogens is 2. The van der Waals surface area contributed by atoms with Crippen LogP contribution in [0.25, 0.3) is 0 Å². The monoisotopic (exact) mass is 378 g/mol. The van der Waals surface area contributed by atoms with Crippen LogP contribution < -0.4 is 9.47 Å². The fourth-order valence-corrected chi connectivity index (χ4v) is 3.26. The largest absolute Gasteiger partial charge is 0.496 e. The Morgan fingerprint density at radius 3 is 2.28 bits per heavy atom. The third kappa shape index (κ3) is 3.89. The molecule has 0 radical (unpaired) electrons. The Hall–Kier alpha value is -0.220. The van der Waals surface area contributed by atoms with Crippen LogP contribution in [0.2, 0.25) is 0 Å². The summed E-state index contributed by atoms with van der Waals surface area (Å²) in [6.07, 6.45) is 2.26. The van der Waals surface area contributed by atoms with Crippen molar-refractivity contribution in [3.05, 3.63) is 22.2 Å². The molecule has 18 heavy (non-hydrogen) atoms. The molecule has 2 nitrogen and oxygen atoms in total. The maximum Gasteiger partial charge on any atom is 0.133 e. The molecule has 2 atom stereocenters. The Morgan fingerprint density at radius 2 is 1.78 bits per heavy atom. The van der Waals surface area contributed by atoms with E-state index in [2.05, 4.69) is 45.7 Å². The van der Waals surface area contributed by atoms with Gasteiger partial charge in [0, 0.05) is 10.4 Å². The summed E-state index contributed by atoms with van der Waals surface area (Å²) in [6, 6.07) is 3.99. The van der Waals surface area contributed by atoms with Crippen molar-refractivity contribution in [2.45, 2.75) is 31.5 Å². The van der Waals surface area contributed by atoms with E-state index in [1.807, 2.05) is 12.1 Å². The van der Waals surface area contributed by atoms with Crippen LogP contribution in [-0.4, -0.2) is 14.2 Å². The fourth-order valence-electron chi connectivity index (χ4n) is 1.78. The molecule has 0 heterocycles. The standard InChI is InChI=1S/C14H20Br2O2/c1-5-9(2)6-11(15)10-7-14(18-4)12(16)8-13(10)17-3/h7-9,11H,5-6H2,1-4H3. The molecule has 4 heteroatoms. The molecule has 0 saturated heterocycles. The lowest BCUT2D eigenvalue weighted by atomic mass is 9.98. The zero-order chi connectivity index (χ0) is 13.7. The van der Waals surface area contributed by atoms with E-state index in [0.717, 1.165) is 28.0 Å². The Labute approximate surface area is 126 Å². The smallest absolute Gasteiger partial charge is 0.133 e. The minimum atomic E-state index is 0.282. The average Bonchev–Trinajstić information content (AvgIpc) is 2.37. The molecule has 0 spiro atoms. The first-order valence-electron chi connectivity index (χ1n) is 6.08. The fraction of sp³-hybridized carbons (Fsp3) is 0.571. The highest BCUT2D eigenvalue weighted by Crippen LogP contribution is 2.41. The average molecular weight is 380 g/mol. The highest BCUT2D eigenvalue weighted by molar-refractivity contribution is 9.10. The first kappa shape index (κ1) is 15.8. The Bertz CT molecular complexity index is 394. The van der Waals surface area contributed by atoms with E-state index in [0.29, 0.717) is 5.92 Å². The van der Waals surface area contributed by atoms with Gasteiger partial charge in [0.2, 0.25) is 0 Å². The van der Waals surface area contributed by atoms with Gasteiger partial charge in [0.15, 0.2) is 0 Å². The van der Waals surface area contributed by atoms with Gasteiger partial charge in [-0.25, -0.2) is 0 Å². The molecular formula is C14H20Br2O2. The van der Waals surface area contributed by atoms with Crippen molar-refractivity contribution in [2.75, 3.05) is 14.2 Å². The second-order valence-electron chi connectivity index (χ2n) is 4.45. The summed E-state index contributed by atoms with van der Waals surface area (Å²) in [6.45, 7) is 4.47. The third-order valence-electron chi connectivity index (χ3n) is 3.15. The van der Waals surface area contributed by atoms with Crippen molar-refractivity contribution >= 4 is 31.9 Å². The molecule has 0 aliphatic rings. The van der Waals surface area contributed by atoms with Gasteiger partial charge in [-0.2, -0.15) is 0 Å². The molecule has 1 aromatic carbocycles. The van der Waals surface area contributed by atoms with Gasteiger partial charge in [0.05, 0.1) is 18.7 Å². The van der Waals surface area contributed by atoms with E-state index in [1.165, 1.54) is 6.42 Å². The third-order valence-corrected chi connectivity index (χ3v) is 4.63. The Kier molecular flexibility index (Phi) is 6.50. The number of hydrogen-bond acceptors (Lipinski definition) is 2. The van der Waals surface area contributed by atoms with Gasteiger partial charge in [-0.3, -0.25) is 0 Å². The minimum absolute atomic E-state index is 0.282. The van der Waals surface area contributed by atoms with Gasteiger partial charge in [-0.15, -0.1) is 0 Å². The molecule has 0 fully saturated rings. The molecular weight excluding hydrogens is 360 g/mol. The van der Waals surface area contributed by atoms with Gasteiger partial charge in [-0.1, -0.05) is 36.2 Å². The van der Waals surface area contributed by atoms with Crippen LogP contribution in [0.5, 0.6) is 11.5 Å². The number of rotatable bonds is 6. The summed E-state index contributed by atoms with van der Waals surface area (Å²) in [5.41, 5.74) is 1.14. The summed E-state index contributed by atoms with van der Waals surface area (Å²) in [7, 11) is 3.37. The van der Waals surface area contributed by atoms with Crippen LogP contribution in [0, 0.1) is 5.92 Å². The molecule has 0 saturated carbocycles. The van der Waals surface area contributed by atoms with Crippen LogP contribution in [0.3, 0.4) is 0 Å². The van der Waals surface area contributed by atoms with Crippen molar-refractivity contribution in [1.82, 2.24) is 0 Å². The molecule has 0 N–H and O–H groups in total. The lowest BCUT2D eigenvalue weighted by Crippen LogP contribution is -2.02. The first-order valence-corrected chi connectivity index (χ1v) is 7.79. The van der Waals surface area contributed by atoms with Gasteiger partial charge in [0.25, 0.3) is 0 Å². The van der Waals surface area contributed by atoms with Crippen molar-refractivity contribution in [2.24, 2.45) is 5.92 Å². The number of methoxy groups -OCH3 is 2. The molecule has 1 rings (SSSR count). The summed E-state index contributed by atoms with van der Waals surface area (Å²) in [4.78, 5) is 0.282. The molecule has 0 aromatic heterocycles. The van der Waals surface area contributed by atoms with Gasteiger partial charge in [-0.05, 0) is 40.4 Å². The van der Waals surface area contributed by atoms with Crippen molar-refractivity contribution in [1.29, 1.82) is 0 Å². The Morgan fingerprint density at radius 1 is 1.17 bits per heavy atom. The summed E-state index contributed by atoms with van der Waals surface area (Å²) < 4.78 is 11.7. The van der Waals surface area contributed by atoms with Crippen LogP contribution >= 0.6 is 31.9 Å². The highest BCUT2D eigenvalue weighted by atomic mass is 79.9. The van der Waals surface area contributed by atoms with E-state index in [4.69, 9.17) is 9.47 Å². The molecule has 0 bridgehead atoms. The first-order chi connectivity index (χ1) is 8.53. The summed E-state index contributed by atoms with van der Waals surface area (Å²) >= 11 is 7.23. The SMILES string of the molecule is CCC(C)CC(Br)c1cc(OC)c(Br)cc1OC. The van der Waals surface area contributed by atoms with Crippen molar-refractivity contribution in [3.8, 4) is 11.5 Å².